The fraction of sp³-hybridized carbons (Fsp3) is 0.304. The lowest BCUT2D eigenvalue weighted by Gasteiger charge is -2.23. The summed E-state index contributed by atoms with van der Waals surface area (Å²) in [6, 6.07) is 12.4. The van der Waals surface area contributed by atoms with E-state index in [0.717, 1.165) is 33.2 Å². The third-order valence-electron chi connectivity index (χ3n) is 5.25. The van der Waals surface area contributed by atoms with Gasteiger partial charge in [0.2, 0.25) is 0 Å². The molecule has 6 heteroatoms. The number of aromatic nitrogens is 2. The normalized spacial score (nSPS) is 14.6. The lowest BCUT2D eigenvalue weighted by Crippen LogP contribution is -2.22. The maximum Gasteiger partial charge on any atom is 0.126 e. The molecule has 2 aromatic heterocycles. The van der Waals surface area contributed by atoms with Crippen molar-refractivity contribution in [3.8, 4) is 11.1 Å². The largest absolute Gasteiger partial charge is 0.380 e. The van der Waals surface area contributed by atoms with Crippen molar-refractivity contribution >= 4 is 34.7 Å². The van der Waals surface area contributed by atoms with Gasteiger partial charge in [-0.15, -0.1) is 0 Å². The highest BCUT2D eigenvalue weighted by molar-refractivity contribution is 6.33. The van der Waals surface area contributed by atoms with Gasteiger partial charge in [-0.25, -0.2) is 4.98 Å². The molecule has 2 N–H and O–H groups in total. The summed E-state index contributed by atoms with van der Waals surface area (Å²) in [7, 11) is 0. The molecule has 4 rings (SSSR count). The van der Waals surface area contributed by atoms with Crippen LogP contribution in [0.4, 0.5) is 11.5 Å². The first kappa shape index (κ1) is 20.0. The number of hydrogen-bond acceptors (Lipinski definition) is 4. The van der Waals surface area contributed by atoms with Crippen LogP contribution >= 0.6 is 23.2 Å². The minimum atomic E-state index is 0.495. The zero-order valence-electron chi connectivity index (χ0n) is 16.2. The molecule has 1 fully saturated rings. The molecule has 29 heavy (non-hydrogen) atoms. The average Bonchev–Trinajstić information content (AvgIpc) is 2.75. The van der Waals surface area contributed by atoms with Gasteiger partial charge in [-0.1, -0.05) is 54.6 Å². The highest BCUT2D eigenvalue weighted by Crippen LogP contribution is 2.31. The zero-order valence-corrected chi connectivity index (χ0v) is 17.7. The Kier molecular flexibility index (Phi) is 6.53. The summed E-state index contributed by atoms with van der Waals surface area (Å²) in [5.74, 6) is 0.869. The maximum absolute atomic E-state index is 6.46. The van der Waals surface area contributed by atoms with Crippen LogP contribution in [-0.4, -0.2) is 16.0 Å². The minimum Gasteiger partial charge on any atom is -0.380 e. The number of rotatable bonds is 6. The van der Waals surface area contributed by atoms with Crippen molar-refractivity contribution < 1.29 is 0 Å². The maximum atomic E-state index is 6.46. The Bertz CT molecular complexity index is 971. The predicted molar refractivity (Wildman–Crippen MR) is 122 cm³/mol. The first-order chi connectivity index (χ1) is 14.2. The molecule has 1 aliphatic carbocycles. The van der Waals surface area contributed by atoms with Gasteiger partial charge in [0.15, 0.2) is 0 Å². The zero-order chi connectivity index (χ0) is 20.1. The van der Waals surface area contributed by atoms with Crippen molar-refractivity contribution in [2.45, 2.75) is 44.7 Å². The molecular formula is C23H24Cl2N4. The van der Waals surface area contributed by atoms with Crippen LogP contribution in [0.1, 0.15) is 37.7 Å². The summed E-state index contributed by atoms with van der Waals surface area (Å²) in [5, 5.41) is 8.32. The second-order valence-electron chi connectivity index (χ2n) is 7.47. The van der Waals surface area contributed by atoms with Gasteiger partial charge >= 0.3 is 0 Å². The molecule has 0 bridgehead atoms. The molecule has 1 saturated carbocycles. The Morgan fingerprint density at radius 2 is 1.83 bits per heavy atom. The van der Waals surface area contributed by atoms with Gasteiger partial charge in [-0.2, -0.15) is 0 Å². The third kappa shape index (κ3) is 5.40. The molecule has 0 radical (unpaired) electrons. The van der Waals surface area contributed by atoms with E-state index in [1.807, 2.05) is 42.7 Å². The number of anilines is 2. The monoisotopic (exact) mass is 426 g/mol. The number of nitrogens with one attached hydrogen (secondary N) is 2. The third-order valence-corrected chi connectivity index (χ3v) is 5.78. The molecule has 0 aliphatic heterocycles. The molecule has 0 unspecified atom stereocenters. The molecule has 3 aromatic rings. The molecular weight excluding hydrogens is 403 g/mol. The van der Waals surface area contributed by atoms with Crippen LogP contribution in [-0.2, 0) is 6.54 Å². The Morgan fingerprint density at radius 1 is 0.966 bits per heavy atom. The first-order valence-electron chi connectivity index (χ1n) is 10.0. The number of nitrogens with zero attached hydrogens (tertiary/aromatic N) is 2. The Balaban J connectivity index is 1.50. The summed E-state index contributed by atoms with van der Waals surface area (Å²) in [5.41, 5.74) is 3.93. The fourth-order valence-electron chi connectivity index (χ4n) is 3.73. The first-order valence-corrected chi connectivity index (χ1v) is 10.8. The van der Waals surface area contributed by atoms with Crippen LogP contribution in [0.2, 0.25) is 10.0 Å². The molecule has 4 nitrogen and oxygen atoms in total. The van der Waals surface area contributed by atoms with Gasteiger partial charge in [0.05, 0.1) is 10.7 Å². The molecule has 0 spiro atoms. The summed E-state index contributed by atoms with van der Waals surface area (Å²) < 4.78 is 0. The van der Waals surface area contributed by atoms with E-state index in [2.05, 4.69) is 26.7 Å². The standard InChI is InChI=1S/C23H24Cl2N4/c24-18-6-4-5-16(9-18)12-27-20-10-17(13-26-14-20)21-11-23(28-15-22(21)25)29-19-7-2-1-3-8-19/h4-6,9-11,13-15,19,27H,1-3,7-8,12H2,(H,28,29). The topological polar surface area (TPSA) is 49.8 Å². The molecule has 150 valence electrons. The van der Waals surface area contributed by atoms with Crippen LogP contribution in [0.5, 0.6) is 0 Å². The molecule has 1 aliphatic rings. The van der Waals surface area contributed by atoms with Crippen molar-refractivity contribution in [3.63, 3.8) is 0 Å². The lowest BCUT2D eigenvalue weighted by molar-refractivity contribution is 0.462. The predicted octanol–water partition coefficient (Wildman–Crippen LogP) is 6.81. The van der Waals surface area contributed by atoms with Gasteiger partial charge in [0.25, 0.3) is 0 Å². The van der Waals surface area contributed by atoms with Crippen LogP contribution in [0.3, 0.4) is 0 Å². The summed E-state index contributed by atoms with van der Waals surface area (Å²) in [6.07, 6.45) is 11.6. The Hall–Kier alpha value is -2.30. The van der Waals surface area contributed by atoms with Crippen LogP contribution in [0.25, 0.3) is 11.1 Å². The van der Waals surface area contributed by atoms with Gasteiger partial charge in [-0.05, 0) is 42.7 Å². The second-order valence-corrected chi connectivity index (χ2v) is 8.32. The number of pyridine rings is 2. The van der Waals surface area contributed by atoms with Crippen LogP contribution in [0, 0.1) is 0 Å². The SMILES string of the molecule is Clc1cccc(CNc2cncc(-c3cc(NC4CCCCC4)ncc3Cl)c2)c1. The quantitative estimate of drug-likeness (QED) is 0.454. The van der Waals surface area contributed by atoms with Gasteiger partial charge in [-0.3, -0.25) is 4.98 Å². The minimum absolute atomic E-state index is 0.495. The number of benzene rings is 1. The molecule has 2 heterocycles. The van der Waals surface area contributed by atoms with E-state index >= 15 is 0 Å². The van der Waals surface area contributed by atoms with Gasteiger partial charge in [0, 0.05) is 47.3 Å². The summed E-state index contributed by atoms with van der Waals surface area (Å²) in [4.78, 5) is 8.86. The van der Waals surface area contributed by atoms with E-state index in [1.165, 1.54) is 32.1 Å². The number of hydrogen-bond donors (Lipinski definition) is 2. The van der Waals surface area contributed by atoms with E-state index < -0.39 is 0 Å². The Morgan fingerprint density at radius 3 is 2.66 bits per heavy atom. The van der Waals surface area contributed by atoms with Crippen molar-refractivity contribution in [1.29, 1.82) is 0 Å². The van der Waals surface area contributed by atoms with Crippen LogP contribution in [0.15, 0.2) is 55.0 Å². The van der Waals surface area contributed by atoms with E-state index in [1.54, 1.807) is 6.20 Å². The molecule has 1 aromatic carbocycles. The van der Waals surface area contributed by atoms with E-state index in [0.29, 0.717) is 17.6 Å². The van der Waals surface area contributed by atoms with Crippen molar-refractivity contribution in [2.75, 3.05) is 10.6 Å². The highest BCUT2D eigenvalue weighted by Gasteiger charge is 2.15. The molecule has 0 atom stereocenters. The second kappa shape index (κ2) is 9.47. The van der Waals surface area contributed by atoms with E-state index in [-0.39, 0.29) is 0 Å². The van der Waals surface area contributed by atoms with Gasteiger partial charge < -0.3 is 10.6 Å². The van der Waals surface area contributed by atoms with E-state index in [4.69, 9.17) is 23.2 Å². The van der Waals surface area contributed by atoms with Crippen molar-refractivity contribution in [3.05, 3.63) is 70.6 Å². The summed E-state index contributed by atoms with van der Waals surface area (Å²) >= 11 is 12.5. The van der Waals surface area contributed by atoms with Crippen LogP contribution < -0.4 is 10.6 Å². The van der Waals surface area contributed by atoms with E-state index in [9.17, 15) is 0 Å². The fourth-order valence-corrected chi connectivity index (χ4v) is 4.16. The average molecular weight is 427 g/mol. The smallest absolute Gasteiger partial charge is 0.126 e. The molecule has 0 saturated heterocycles. The molecule has 0 amide bonds. The highest BCUT2D eigenvalue weighted by atomic mass is 35.5. The number of halogens is 2. The lowest BCUT2D eigenvalue weighted by atomic mass is 9.95. The summed E-state index contributed by atoms with van der Waals surface area (Å²) in [6.45, 7) is 0.671. The van der Waals surface area contributed by atoms with Gasteiger partial charge in [0.1, 0.15) is 5.82 Å². The Labute approximate surface area is 181 Å². The van der Waals surface area contributed by atoms with Crippen molar-refractivity contribution in [2.24, 2.45) is 0 Å². The van der Waals surface area contributed by atoms with Crippen molar-refractivity contribution in [1.82, 2.24) is 9.97 Å².